The number of benzene rings is 2. The van der Waals surface area contributed by atoms with E-state index in [1.54, 1.807) is 18.3 Å². The van der Waals surface area contributed by atoms with E-state index in [-0.39, 0.29) is 11.4 Å². The molecule has 0 unspecified atom stereocenters. The van der Waals surface area contributed by atoms with Gasteiger partial charge >= 0.3 is 0 Å². The van der Waals surface area contributed by atoms with Crippen LogP contribution in [-0.2, 0) is 14.8 Å². The normalized spacial score (nSPS) is 14.4. The Kier molecular flexibility index (Phi) is 6.76. The molecule has 2 N–H and O–H groups in total. The Morgan fingerprint density at radius 1 is 0.935 bits per heavy atom. The summed E-state index contributed by atoms with van der Waals surface area (Å²) in [7, 11) is -3.59. The van der Waals surface area contributed by atoms with Gasteiger partial charge in [-0.2, -0.15) is 5.10 Å². The number of anilines is 2. The molecular weight excluding hydrogens is 414 g/mol. The summed E-state index contributed by atoms with van der Waals surface area (Å²) in [5.41, 5.74) is 2.99. The molecule has 0 aliphatic carbocycles. The lowest BCUT2D eigenvalue weighted by Crippen LogP contribution is -2.36. The number of rotatable bonds is 8. The van der Waals surface area contributed by atoms with Gasteiger partial charge in [0.25, 0.3) is 0 Å². The molecule has 2 heterocycles. The summed E-state index contributed by atoms with van der Waals surface area (Å²) in [4.78, 5) is 2.42. The highest BCUT2D eigenvalue weighted by Gasteiger charge is 2.14. The zero-order valence-electron chi connectivity index (χ0n) is 17.1. The van der Waals surface area contributed by atoms with Crippen LogP contribution >= 0.6 is 0 Å². The van der Waals surface area contributed by atoms with Gasteiger partial charge in [-0.15, -0.1) is 5.10 Å². The molecule has 3 aromatic rings. The Hall–Kier alpha value is -3.01. The van der Waals surface area contributed by atoms with Crippen LogP contribution in [-0.4, -0.2) is 58.0 Å². The molecule has 0 amide bonds. The number of ether oxygens (including phenoxy) is 1. The average Bonchev–Trinajstić information content (AvgIpc) is 2.83. The molecule has 31 heavy (non-hydrogen) atoms. The number of sulfonamides is 1. The van der Waals surface area contributed by atoms with E-state index in [4.69, 9.17) is 4.74 Å². The molecule has 0 spiro atoms. The van der Waals surface area contributed by atoms with Crippen LogP contribution in [0.4, 0.5) is 11.5 Å². The lowest BCUT2D eigenvalue weighted by molar-refractivity contribution is 0.122. The molecule has 1 aromatic heterocycles. The molecule has 1 aliphatic rings. The fourth-order valence-electron chi connectivity index (χ4n) is 3.35. The van der Waals surface area contributed by atoms with E-state index in [0.717, 1.165) is 29.9 Å². The monoisotopic (exact) mass is 439 g/mol. The number of hydrogen-bond donors (Lipinski definition) is 2. The number of morpholine rings is 1. The summed E-state index contributed by atoms with van der Waals surface area (Å²) >= 11 is 0. The van der Waals surface area contributed by atoms with Crippen molar-refractivity contribution >= 4 is 21.5 Å². The minimum absolute atomic E-state index is 0.228. The van der Waals surface area contributed by atoms with E-state index >= 15 is 0 Å². The van der Waals surface area contributed by atoms with Gasteiger partial charge < -0.3 is 15.0 Å². The van der Waals surface area contributed by atoms with Crippen molar-refractivity contribution in [1.82, 2.24) is 14.9 Å². The third-order valence-corrected chi connectivity index (χ3v) is 6.49. The molecular formula is C22H25N5O3S. The molecule has 0 bridgehead atoms. The smallest absolute Gasteiger partial charge is 0.240 e. The largest absolute Gasteiger partial charge is 0.378 e. The van der Waals surface area contributed by atoms with Crippen molar-refractivity contribution in [1.29, 1.82) is 0 Å². The summed E-state index contributed by atoms with van der Waals surface area (Å²) in [5, 5.41) is 11.2. The second-order valence-electron chi connectivity index (χ2n) is 7.11. The van der Waals surface area contributed by atoms with Gasteiger partial charge in [0.2, 0.25) is 10.0 Å². The molecule has 0 atom stereocenters. The third kappa shape index (κ3) is 5.57. The predicted molar refractivity (Wildman–Crippen MR) is 121 cm³/mol. The van der Waals surface area contributed by atoms with Gasteiger partial charge in [-0.3, -0.25) is 0 Å². The van der Waals surface area contributed by atoms with Crippen LogP contribution in [0.15, 0.2) is 71.8 Å². The second kappa shape index (κ2) is 9.86. The van der Waals surface area contributed by atoms with Gasteiger partial charge in [0.1, 0.15) is 0 Å². The Bertz CT molecular complexity index is 1090. The SMILES string of the molecule is O=S(=O)(NCCNc1cc(N2CCOCC2)cnn1)c1ccc(-c2ccccc2)cc1. The highest BCUT2D eigenvalue weighted by molar-refractivity contribution is 7.89. The van der Waals surface area contributed by atoms with E-state index < -0.39 is 10.0 Å². The molecule has 1 saturated heterocycles. The van der Waals surface area contributed by atoms with Crippen molar-refractivity contribution < 1.29 is 13.2 Å². The maximum atomic E-state index is 12.6. The Morgan fingerprint density at radius 2 is 1.65 bits per heavy atom. The fraction of sp³-hybridized carbons (Fsp3) is 0.273. The molecule has 1 fully saturated rings. The number of nitrogens with zero attached hydrogens (tertiary/aromatic N) is 3. The zero-order chi connectivity index (χ0) is 21.5. The Morgan fingerprint density at radius 3 is 2.39 bits per heavy atom. The molecule has 0 radical (unpaired) electrons. The molecule has 4 rings (SSSR count). The van der Waals surface area contributed by atoms with Gasteiger partial charge in [0, 0.05) is 32.2 Å². The zero-order valence-corrected chi connectivity index (χ0v) is 17.9. The first-order chi connectivity index (χ1) is 15.1. The number of hydrogen-bond acceptors (Lipinski definition) is 7. The van der Waals surface area contributed by atoms with Crippen molar-refractivity contribution in [2.75, 3.05) is 49.6 Å². The van der Waals surface area contributed by atoms with Crippen LogP contribution in [0.3, 0.4) is 0 Å². The maximum Gasteiger partial charge on any atom is 0.240 e. The average molecular weight is 440 g/mol. The summed E-state index contributed by atoms with van der Waals surface area (Å²) in [6.45, 7) is 3.63. The standard InChI is InChI=1S/C22H25N5O3S/c28-31(29,21-8-6-19(7-9-21)18-4-2-1-3-5-18)25-11-10-23-22-16-20(17-24-26-22)27-12-14-30-15-13-27/h1-9,16-17,25H,10-15H2,(H,23,26). The summed E-state index contributed by atoms with van der Waals surface area (Å²) in [6, 6.07) is 18.6. The summed E-state index contributed by atoms with van der Waals surface area (Å²) in [5.74, 6) is 0.607. The molecule has 8 nitrogen and oxygen atoms in total. The topological polar surface area (TPSA) is 96.5 Å². The van der Waals surface area contributed by atoms with Crippen molar-refractivity contribution in [2.24, 2.45) is 0 Å². The van der Waals surface area contributed by atoms with Crippen LogP contribution in [0.25, 0.3) is 11.1 Å². The minimum atomic E-state index is -3.59. The van der Waals surface area contributed by atoms with Crippen molar-refractivity contribution in [3.63, 3.8) is 0 Å². The maximum absolute atomic E-state index is 12.6. The first-order valence-electron chi connectivity index (χ1n) is 10.2. The van der Waals surface area contributed by atoms with E-state index in [1.165, 1.54) is 0 Å². The van der Waals surface area contributed by atoms with Crippen LogP contribution in [0, 0.1) is 0 Å². The van der Waals surface area contributed by atoms with Crippen molar-refractivity contribution in [3.8, 4) is 11.1 Å². The minimum Gasteiger partial charge on any atom is -0.378 e. The number of nitrogens with one attached hydrogen (secondary N) is 2. The lowest BCUT2D eigenvalue weighted by atomic mass is 10.1. The highest BCUT2D eigenvalue weighted by Crippen LogP contribution is 2.21. The Labute approximate surface area is 182 Å². The van der Waals surface area contributed by atoms with E-state index in [9.17, 15) is 8.42 Å². The summed E-state index contributed by atoms with van der Waals surface area (Å²) < 4.78 is 33.1. The van der Waals surface area contributed by atoms with Crippen molar-refractivity contribution in [2.45, 2.75) is 4.90 Å². The molecule has 1 aliphatic heterocycles. The first kappa shape index (κ1) is 21.2. The lowest BCUT2D eigenvalue weighted by Gasteiger charge is -2.28. The first-order valence-corrected chi connectivity index (χ1v) is 11.6. The summed E-state index contributed by atoms with van der Waals surface area (Å²) in [6.07, 6.45) is 1.72. The van der Waals surface area contributed by atoms with Gasteiger partial charge in [-0.05, 0) is 23.3 Å². The molecule has 9 heteroatoms. The van der Waals surface area contributed by atoms with Crippen LogP contribution < -0.4 is 14.9 Å². The fourth-order valence-corrected chi connectivity index (χ4v) is 4.39. The Balaban J connectivity index is 1.30. The van der Waals surface area contributed by atoms with Crippen LogP contribution in [0.5, 0.6) is 0 Å². The number of aromatic nitrogens is 2. The predicted octanol–water partition coefficient (Wildman–Crippen LogP) is 2.37. The molecule has 0 saturated carbocycles. The molecule has 2 aromatic carbocycles. The molecule has 162 valence electrons. The van der Waals surface area contributed by atoms with Crippen LogP contribution in [0.2, 0.25) is 0 Å². The van der Waals surface area contributed by atoms with E-state index in [1.807, 2.05) is 48.5 Å². The second-order valence-corrected chi connectivity index (χ2v) is 8.88. The highest BCUT2D eigenvalue weighted by atomic mass is 32.2. The van der Waals surface area contributed by atoms with Gasteiger partial charge in [-0.1, -0.05) is 42.5 Å². The van der Waals surface area contributed by atoms with Gasteiger partial charge in [0.05, 0.1) is 30.0 Å². The van der Waals surface area contributed by atoms with Crippen molar-refractivity contribution in [3.05, 3.63) is 66.9 Å². The van der Waals surface area contributed by atoms with E-state index in [0.29, 0.717) is 25.6 Å². The van der Waals surface area contributed by atoms with Gasteiger partial charge in [-0.25, -0.2) is 13.1 Å². The van der Waals surface area contributed by atoms with Crippen LogP contribution in [0.1, 0.15) is 0 Å². The third-order valence-electron chi connectivity index (χ3n) is 5.01. The van der Waals surface area contributed by atoms with E-state index in [2.05, 4.69) is 25.1 Å². The quantitative estimate of drug-likeness (QED) is 0.520. The van der Waals surface area contributed by atoms with Gasteiger partial charge in [0.15, 0.2) is 5.82 Å².